The first-order valence-electron chi connectivity index (χ1n) is 8.74. The molecule has 0 radical (unpaired) electrons. The fraction of sp³-hybridized carbons (Fsp3) is 0.250. The lowest BCUT2D eigenvalue weighted by Crippen LogP contribution is -2.32. The molecule has 0 saturated carbocycles. The van der Waals surface area contributed by atoms with E-state index >= 15 is 0 Å². The van der Waals surface area contributed by atoms with Crippen molar-refractivity contribution in [3.05, 3.63) is 58.6 Å². The standard InChI is InChI=1S/C20H18ClF3N4O2/c1-28(9-8-18(29)27-17-5-3-2-4-13(17)11-25)12-19(30)26-14-6-7-16(21)15(10-14)20(22,23)24/h2-7,10H,8-9,12H2,1H3,(H,26,30)(H,27,29). The molecular weight excluding hydrogens is 421 g/mol. The average Bonchev–Trinajstić information content (AvgIpc) is 2.67. The fourth-order valence-corrected chi connectivity index (χ4v) is 2.76. The molecule has 0 unspecified atom stereocenters. The largest absolute Gasteiger partial charge is 0.417 e. The zero-order valence-corrected chi connectivity index (χ0v) is 16.6. The molecule has 2 rings (SSSR count). The summed E-state index contributed by atoms with van der Waals surface area (Å²) in [5.74, 6) is -0.874. The van der Waals surface area contributed by atoms with Crippen molar-refractivity contribution in [2.75, 3.05) is 30.8 Å². The molecule has 6 nitrogen and oxygen atoms in total. The van der Waals surface area contributed by atoms with Crippen molar-refractivity contribution in [1.29, 1.82) is 5.26 Å². The highest BCUT2D eigenvalue weighted by Crippen LogP contribution is 2.36. The van der Waals surface area contributed by atoms with Crippen LogP contribution < -0.4 is 10.6 Å². The summed E-state index contributed by atoms with van der Waals surface area (Å²) >= 11 is 5.55. The Bertz CT molecular complexity index is 973. The Kier molecular flexibility index (Phi) is 7.80. The van der Waals surface area contributed by atoms with Crippen molar-refractivity contribution in [1.82, 2.24) is 4.90 Å². The first-order chi connectivity index (χ1) is 14.1. The first-order valence-corrected chi connectivity index (χ1v) is 9.12. The molecule has 158 valence electrons. The highest BCUT2D eigenvalue weighted by Gasteiger charge is 2.33. The predicted octanol–water partition coefficient (Wildman–Crippen LogP) is 4.13. The Morgan fingerprint density at radius 2 is 1.83 bits per heavy atom. The number of alkyl halides is 3. The van der Waals surface area contributed by atoms with Crippen LogP contribution in [0.25, 0.3) is 0 Å². The molecule has 10 heteroatoms. The van der Waals surface area contributed by atoms with E-state index in [2.05, 4.69) is 10.6 Å². The summed E-state index contributed by atoms with van der Waals surface area (Å²) < 4.78 is 38.7. The van der Waals surface area contributed by atoms with Gasteiger partial charge in [-0.15, -0.1) is 0 Å². The van der Waals surface area contributed by atoms with Gasteiger partial charge in [0.2, 0.25) is 11.8 Å². The molecule has 30 heavy (non-hydrogen) atoms. The molecule has 0 saturated heterocycles. The third-order valence-electron chi connectivity index (χ3n) is 4.01. The van der Waals surface area contributed by atoms with E-state index in [1.54, 1.807) is 36.2 Å². The molecule has 0 aliphatic heterocycles. The van der Waals surface area contributed by atoms with Gasteiger partial charge in [-0.05, 0) is 37.4 Å². The van der Waals surface area contributed by atoms with E-state index in [4.69, 9.17) is 16.9 Å². The number of rotatable bonds is 7. The summed E-state index contributed by atoms with van der Waals surface area (Å²) in [5, 5.41) is 13.6. The van der Waals surface area contributed by atoms with Gasteiger partial charge in [0.15, 0.2) is 0 Å². The summed E-state index contributed by atoms with van der Waals surface area (Å²) in [4.78, 5) is 25.7. The number of carbonyl (C=O) groups is 2. The van der Waals surface area contributed by atoms with Crippen LogP contribution in [0.4, 0.5) is 24.5 Å². The van der Waals surface area contributed by atoms with Crippen molar-refractivity contribution < 1.29 is 22.8 Å². The average molecular weight is 439 g/mol. The summed E-state index contributed by atoms with van der Waals surface area (Å²) in [6, 6.07) is 11.6. The van der Waals surface area contributed by atoms with Crippen LogP contribution in [0.15, 0.2) is 42.5 Å². The number of para-hydroxylation sites is 1. The van der Waals surface area contributed by atoms with E-state index in [0.29, 0.717) is 11.3 Å². The summed E-state index contributed by atoms with van der Waals surface area (Å²) in [5.41, 5.74) is -0.339. The van der Waals surface area contributed by atoms with Gasteiger partial charge >= 0.3 is 6.18 Å². The normalized spacial score (nSPS) is 11.1. The van der Waals surface area contributed by atoms with E-state index in [-0.39, 0.29) is 31.1 Å². The van der Waals surface area contributed by atoms with E-state index < -0.39 is 22.7 Å². The van der Waals surface area contributed by atoms with E-state index in [1.807, 2.05) is 6.07 Å². The number of likely N-dealkylation sites (N-methyl/N-ethyl adjacent to an activating group) is 1. The highest BCUT2D eigenvalue weighted by atomic mass is 35.5. The summed E-state index contributed by atoms with van der Waals surface area (Å²) in [6.07, 6.45) is -4.57. The Balaban J connectivity index is 1.85. The van der Waals surface area contributed by atoms with E-state index in [9.17, 15) is 22.8 Å². The number of nitriles is 1. The molecule has 0 atom stereocenters. The number of hydrogen-bond donors (Lipinski definition) is 2. The lowest BCUT2D eigenvalue weighted by Gasteiger charge is -2.17. The van der Waals surface area contributed by atoms with Gasteiger partial charge in [0.25, 0.3) is 0 Å². The second kappa shape index (κ2) is 10.1. The van der Waals surface area contributed by atoms with Crippen LogP contribution in [0.5, 0.6) is 0 Å². The molecule has 2 N–H and O–H groups in total. The second-order valence-electron chi connectivity index (χ2n) is 6.43. The SMILES string of the molecule is CN(CCC(=O)Nc1ccccc1C#N)CC(=O)Nc1ccc(Cl)c(C(F)(F)F)c1. The van der Waals surface area contributed by atoms with Crippen LogP contribution in [0.2, 0.25) is 5.02 Å². The van der Waals surface area contributed by atoms with E-state index in [1.165, 1.54) is 6.07 Å². The molecule has 2 aromatic rings. The van der Waals surface area contributed by atoms with Gasteiger partial charge in [0.05, 0.1) is 28.4 Å². The van der Waals surface area contributed by atoms with Gasteiger partial charge in [-0.25, -0.2) is 0 Å². The number of carbonyl (C=O) groups excluding carboxylic acids is 2. The number of amides is 2. The minimum atomic E-state index is -4.63. The lowest BCUT2D eigenvalue weighted by molar-refractivity contribution is -0.137. The molecule has 0 heterocycles. The molecule has 2 amide bonds. The molecule has 0 aromatic heterocycles. The third-order valence-corrected chi connectivity index (χ3v) is 4.34. The van der Waals surface area contributed by atoms with E-state index in [0.717, 1.165) is 12.1 Å². The van der Waals surface area contributed by atoms with Crippen molar-refractivity contribution in [3.8, 4) is 6.07 Å². The van der Waals surface area contributed by atoms with Crippen LogP contribution in [-0.2, 0) is 15.8 Å². The van der Waals surface area contributed by atoms with Crippen LogP contribution in [-0.4, -0.2) is 36.9 Å². The predicted molar refractivity (Wildman–Crippen MR) is 107 cm³/mol. The van der Waals surface area contributed by atoms with Crippen molar-refractivity contribution in [2.45, 2.75) is 12.6 Å². The van der Waals surface area contributed by atoms with Crippen LogP contribution in [0, 0.1) is 11.3 Å². The summed E-state index contributed by atoms with van der Waals surface area (Å²) in [7, 11) is 1.60. The maximum absolute atomic E-state index is 12.9. The first kappa shape index (κ1) is 23.2. The van der Waals surface area contributed by atoms with Gasteiger partial charge in [-0.2, -0.15) is 18.4 Å². The molecule has 0 bridgehead atoms. The van der Waals surface area contributed by atoms with Crippen molar-refractivity contribution in [2.24, 2.45) is 0 Å². The Labute approximate surface area is 176 Å². The maximum atomic E-state index is 12.9. The number of nitrogens with one attached hydrogen (secondary N) is 2. The quantitative estimate of drug-likeness (QED) is 0.680. The van der Waals surface area contributed by atoms with Gasteiger partial charge in [-0.3, -0.25) is 14.5 Å². The molecule has 0 spiro atoms. The minimum absolute atomic E-state index is 0.0315. The highest BCUT2D eigenvalue weighted by molar-refractivity contribution is 6.31. The Morgan fingerprint density at radius 1 is 1.13 bits per heavy atom. The van der Waals surface area contributed by atoms with Crippen LogP contribution >= 0.6 is 11.6 Å². The van der Waals surface area contributed by atoms with Gasteiger partial charge in [0, 0.05) is 18.7 Å². The molecule has 0 aliphatic rings. The molecule has 2 aromatic carbocycles. The number of benzene rings is 2. The van der Waals surface area contributed by atoms with Gasteiger partial charge in [-0.1, -0.05) is 23.7 Å². The lowest BCUT2D eigenvalue weighted by atomic mass is 10.2. The van der Waals surface area contributed by atoms with Gasteiger partial charge < -0.3 is 10.6 Å². The van der Waals surface area contributed by atoms with Gasteiger partial charge in [0.1, 0.15) is 6.07 Å². The Hall–Kier alpha value is -3.09. The smallest absolute Gasteiger partial charge is 0.325 e. The maximum Gasteiger partial charge on any atom is 0.417 e. The van der Waals surface area contributed by atoms with Crippen molar-refractivity contribution >= 4 is 34.8 Å². The number of hydrogen-bond acceptors (Lipinski definition) is 4. The number of nitrogens with zero attached hydrogens (tertiary/aromatic N) is 2. The fourth-order valence-electron chi connectivity index (χ4n) is 2.54. The number of halogens is 4. The van der Waals surface area contributed by atoms with Crippen LogP contribution in [0.1, 0.15) is 17.5 Å². The second-order valence-corrected chi connectivity index (χ2v) is 6.84. The number of anilines is 2. The minimum Gasteiger partial charge on any atom is -0.325 e. The zero-order chi connectivity index (χ0) is 22.3. The molecule has 0 fully saturated rings. The molecular formula is C20H18ClF3N4O2. The third kappa shape index (κ3) is 6.76. The Morgan fingerprint density at radius 3 is 2.50 bits per heavy atom. The monoisotopic (exact) mass is 438 g/mol. The van der Waals surface area contributed by atoms with Crippen molar-refractivity contribution in [3.63, 3.8) is 0 Å². The topological polar surface area (TPSA) is 85.2 Å². The van der Waals surface area contributed by atoms with Crippen LogP contribution in [0.3, 0.4) is 0 Å². The zero-order valence-electron chi connectivity index (χ0n) is 15.9. The molecule has 0 aliphatic carbocycles. The summed E-state index contributed by atoms with van der Waals surface area (Å²) in [6.45, 7) is 0.0917.